The van der Waals surface area contributed by atoms with Crippen molar-refractivity contribution >= 4 is 23.4 Å². The molecule has 122 valence electrons. The van der Waals surface area contributed by atoms with E-state index in [9.17, 15) is 9.18 Å². The Bertz CT molecular complexity index is 545. The van der Waals surface area contributed by atoms with E-state index in [1.54, 1.807) is 17.0 Å². The molecule has 0 radical (unpaired) electrons. The molecule has 6 heteroatoms. The van der Waals surface area contributed by atoms with Crippen LogP contribution in [0.1, 0.15) is 27.2 Å². The van der Waals surface area contributed by atoms with Crippen LogP contribution in [0, 0.1) is 5.82 Å². The fraction of sp³-hybridized carbons (Fsp3) is 0.562. The zero-order chi connectivity index (χ0) is 16.3. The summed E-state index contributed by atoms with van der Waals surface area (Å²) in [6.45, 7) is 8.26. The maximum Gasteiger partial charge on any atom is 0.410 e. The number of carbonyl (C=O) groups is 1. The number of hydrogen-bond donors (Lipinski definition) is 0. The highest BCUT2D eigenvalue weighted by atomic mass is 35.5. The van der Waals surface area contributed by atoms with Crippen LogP contribution in [0.25, 0.3) is 0 Å². The van der Waals surface area contributed by atoms with Gasteiger partial charge in [0.1, 0.15) is 11.4 Å². The third-order valence-electron chi connectivity index (χ3n) is 3.42. The van der Waals surface area contributed by atoms with Crippen molar-refractivity contribution in [2.75, 3.05) is 31.1 Å². The van der Waals surface area contributed by atoms with Gasteiger partial charge in [0.05, 0.1) is 5.02 Å². The van der Waals surface area contributed by atoms with Gasteiger partial charge in [0.2, 0.25) is 0 Å². The molecule has 0 N–H and O–H groups in total. The SMILES string of the molecule is CC(C)(C)OC(=O)N1CCCN(c2ccc(F)c(Cl)c2)CC1. The van der Waals surface area contributed by atoms with Crippen LogP contribution in [0.5, 0.6) is 0 Å². The van der Waals surface area contributed by atoms with E-state index in [0.717, 1.165) is 18.7 Å². The van der Waals surface area contributed by atoms with Crippen LogP contribution in [0.15, 0.2) is 18.2 Å². The summed E-state index contributed by atoms with van der Waals surface area (Å²) < 4.78 is 18.7. The number of carbonyl (C=O) groups excluding carboxylic acids is 1. The van der Waals surface area contributed by atoms with Gasteiger partial charge in [-0.25, -0.2) is 9.18 Å². The molecular formula is C16H22ClFN2O2. The molecule has 1 saturated heterocycles. The molecule has 0 saturated carbocycles. The highest BCUT2D eigenvalue weighted by Crippen LogP contribution is 2.24. The van der Waals surface area contributed by atoms with E-state index in [2.05, 4.69) is 4.90 Å². The summed E-state index contributed by atoms with van der Waals surface area (Å²) in [5, 5.41) is 0.116. The lowest BCUT2D eigenvalue weighted by Crippen LogP contribution is -2.39. The van der Waals surface area contributed by atoms with Gasteiger partial charge in [-0.15, -0.1) is 0 Å². The largest absolute Gasteiger partial charge is 0.444 e. The minimum absolute atomic E-state index is 0.116. The van der Waals surface area contributed by atoms with Crippen molar-refractivity contribution < 1.29 is 13.9 Å². The van der Waals surface area contributed by atoms with Gasteiger partial charge in [0, 0.05) is 31.9 Å². The van der Waals surface area contributed by atoms with Gasteiger partial charge in [0.15, 0.2) is 0 Å². The van der Waals surface area contributed by atoms with Gasteiger partial charge in [0.25, 0.3) is 0 Å². The van der Waals surface area contributed by atoms with Crippen LogP contribution in [-0.4, -0.2) is 42.8 Å². The van der Waals surface area contributed by atoms with Gasteiger partial charge >= 0.3 is 6.09 Å². The number of anilines is 1. The second-order valence-electron chi connectivity index (χ2n) is 6.41. The fourth-order valence-corrected chi connectivity index (χ4v) is 2.54. The average molecular weight is 329 g/mol. The van der Waals surface area contributed by atoms with Crippen LogP contribution in [0.4, 0.5) is 14.9 Å². The number of amides is 1. The molecule has 0 atom stereocenters. The summed E-state index contributed by atoms with van der Waals surface area (Å²) in [7, 11) is 0. The van der Waals surface area contributed by atoms with Gasteiger partial charge in [-0.05, 0) is 45.4 Å². The molecular weight excluding hydrogens is 307 g/mol. The zero-order valence-corrected chi connectivity index (χ0v) is 14.0. The Morgan fingerprint density at radius 2 is 1.95 bits per heavy atom. The van der Waals surface area contributed by atoms with Gasteiger partial charge < -0.3 is 14.5 Å². The van der Waals surface area contributed by atoms with Crippen molar-refractivity contribution in [2.24, 2.45) is 0 Å². The Labute approximate surface area is 135 Å². The summed E-state index contributed by atoms with van der Waals surface area (Å²) in [5.41, 5.74) is 0.380. The molecule has 0 spiro atoms. The third-order valence-corrected chi connectivity index (χ3v) is 3.71. The van der Waals surface area contributed by atoms with Crippen molar-refractivity contribution in [1.82, 2.24) is 4.90 Å². The predicted molar refractivity (Wildman–Crippen MR) is 86.0 cm³/mol. The van der Waals surface area contributed by atoms with Gasteiger partial charge in [-0.2, -0.15) is 0 Å². The lowest BCUT2D eigenvalue weighted by molar-refractivity contribution is 0.0263. The van der Waals surface area contributed by atoms with Crippen LogP contribution < -0.4 is 4.90 Å². The molecule has 4 nitrogen and oxygen atoms in total. The first-order chi connectivity index (χ1) is 10.3. The van der Waals surface area contributed by atoms with Crippen molar-refractivity contribution in [3.63, 3.8) is 0 Å². The highest BCUT2D eigenvalue weighted by molar-refractivity contribution is 6.31. The standard InChI is InChI=1S/C16H22ClFN2O2/c1-16(2,3)22-15(21)20-8-4-7-19(9-10-20)12-5-6-14(18)13(17)11-12/h5-6,11H,4,7-10H2,1-3H3. The Balaban J connectivity index is 2.00. The van der Waals surface area contributed by atoms with Crippen molar-refractivity contribution in [3.8, 4) is 0 Å². The van der Waals surface area contributed by atoms with E-state index in [0.29, 0.717) is 19.6 Å². The molecule has 0 aliphatic carbocycles. The number of rotatable bonds is 1. The maximum atomic E-state index is 13.3. The van der Waals surface area contributed by atoms with E-state index >= 15 is 0 Å². The van der Waals surface area contributed by atoms with Crippen LogP contribution in [0.2, 0.25) is 5.02 Å². The third kappa shape index (κ3) is 4.50. The van der Waals surface area contributed by atoms with E-state index in [1.165, 1.54) is 6.07 Å². The van der Waals surface area contributed by atoms with Crippen LogP contribution >= 0.6 is 11.6 Å². The quantitative estimate of drug-likeness (QED) is 0.783. The monoisotopic (exact) mass is 328 g/mol. The zero-order valence-electron chi connectivity index (χ0n) is 13.2. The minimum atomic E-state index is -0.493. The normalized spacial score (nSPS) is 16.4. The lowest BCUT2D eigenvalue weighted by atomic mass is 10.2. The minimum Gasteiger partial charge on any atom is -0.444 e. The molecule has 1 heterocycles. The Morgan fingerprint density at radius 3 is 2.59 bits per heavy atom. The molecule has 1 amide bonds. The first-order valence-electron chi connectivity index (χ1n) is 7.44. The number of hydrogen-bond acceptors (Lipinski definition) is 3. The van der Waals surface area contributed by atoms with Crippen molar-refractivity contribution in [2.45, 2.75) is 32.8 Å². The number of nitrogens with zero attached hydrogens (tertiary/aromatic N) is 2. The van der Waals surface area contributed by atoms with Crippen molar-refractivity contribution in [3.05, 3.63) is 29.0 Å². The summed E-state index contributed by atoms with van der Waals surface area (Å²) in [5.74, 6) is -0.421. The molecule has 1 fully saturated rings. The molecule has 1 aliphatic rings. The molecule has 2 rings (SSSR count). The second-order valence-corrected chi connectivity index (χ2v) is 6.81. The van der Waals surface area contributed by atoms with E-state index in [4.69, 9.17) is 16.3 Å². The Hall–Kier alpha value is -1.49. The maximum absolute atomic E-state index is 13.3. The molecule has 1 aromatic rings. The first-order valence-corrected chi connectivity index (χ1v) is 7.82. The van der Waals surface area contributed by atoms with Gasteiger partial charge in [-0.3, -0.25) is 0 Å². The highest BCUT2D eigenvalue weighted by Gasteiger charge is 2.24. The predicted octanol–water partition coefficient (Wildman–Crippen LogP) is 3.93. The molecule has 0 bridgehead atoms. The number of ether oxygens (including phenoxy) is 1. The summed E-state index contributed by atoms with van der Waals surface area (Å²) in [4.78, 5) is 15.9. The van der Waals surface area contributed by atoms with Crippen molar-refractivity contribution in [1.29, 1.82) is 0 Å². The fourth-order valence-electron chi connectivity index (χ4n) is 2.37. The second kappa shape index (κ2) is 6.73. The smallest absolute Gasteiger partial charge is 0.410 e. The van der Waals surface area contributed by atoms with E-state index in [1.807, 2.05) is 20.8 Å². The topological polar surface area (TPSA) is 32.8 Å². The Kier molecular flexibility index (Phi) is 5.16. The molecule has 0 unspecified atom stereocenters. The van der Waals surface area contributed by atoms with Gasteiger partial charge in [-0.1, -0.05) is 11.6 Å². The van der Waals surface area contributed by atoms with E-state index in [-0.39, 0.29) is 11.1 Å². The number of benzene rings is 1. The van der Waals surface area contributed by atoms with E-state index < -0.39 is 11.4 Å². The molecule has 0 aromatic heterocycles. The Morgan fingerprint density at radius 1 is 1.23 bits per heavy atom. The molecule has 1 aromatic carbocycles. The van der Waals surface area contributed by atoms with Crippen LogP contribution in [-0.2, 0) is 4.74 Å². The summed E-state index contributed by atoms with van der Waals surface area (Å²) in [6, 6.07) is 4.71. The summed E-state index contributed by atoms with van der Waals surface area (Å²) >= 11 is 5.84. The number of halogens is 2. The molecule has 22 heavy (non-hydrogen) atoms. The average Bonchev–Trinajstić information content (AvgIpc) is 2.66. The van der Waals surface area contributed by atoms with Crippen LogP contribution in [0.3, 0.4) is 0 Å². The lowest BCUT2D eigenvalue weighted by Gasteiger charge is -2.27. The molecule has 1 aliphatic heterocycles. The first kappa shape index (κ1) is 16.9. The summed E-state index contributed by atoms with van der Waals surface area (Å²) in [6.07, 6.45) is 0.542.